The number of hydrogen-bond donors (Lipinski definition) is 1. The summed E-state index contributed by atoms with van der Waals surface area (Å²) in [4.78, 5) is 0. The molecule has 1 aromatic rings. The summed E-state index contributed by atoms with van der Waals surface area (Å²) in [6, 6.07) is 6.96. The lowest BCUT2D eigenvalue weighted by atomic mass is 10.2. The monoisotopic (exact) mass is 207 g/mol. The molecule has 1 N–H and O–H groups in total. The third-order valence-electron chi connectivity index (χ3n) is 2.94. The molecule has 15 heavy (non-hydrogen) atoms. The molecule has 82 valence electrons. The third-order valence-corrected chi connectivity index (χ3v) is 2.94. The van der Waals surface area contributed by atoms with Gasteiger partial charge in [0.1, 0.15) is 5.82 Å². The van der Waals surface area contributed by atoms with Crippen LogP contribution in [0.4, 0.5) is 4.39 Å². The average molecular weight is 207 g/mol. The maximum absolute atomic E-state index is 13.2. The Morgan fingerprint density at radius 3 is 2.80 bits per heavy atom. The zero-order valence-electron chi connectivity index (χ0n) is 9.01. The van der Waals surface area contributed by atoms with E-state index < -0.39 is 0 Å². The van der Waals surface area contributed by atoms with Gasteiger partial charge in [0.05, 0.1) is 0 Å². The van der Waals surface area contributed by atoms with E-state index in [-0.39, 0.29) is 5.82 Å². The van der Waals surface area contributed by atoms with Crippen LogP contribution in [0.25, 0.3) is 0 Å². The lowest BCUT2D eigenvalue weighted by molar-refractivity contribution is 0.565. The summed E-state index contributed by atoms with van der Waals surface area (Å²) in [6.07, 6.45) is 5.41. The van der Waals surface area contributed by atoms with Gasteiger partial charge >= 0.3 is 0 Å². The van der Waals surface area contributed by atoms with Crippen LogP contribution in [0.1, 0.15) is 31.2 Å². The van der Waals surface area contributed by atoms with Crippen LogP contribution in [0.15, 0.2) is 24.3 Å². The number of rotatable bonds is 6. The van der Waals surface area contributed by atoms with Crippen LogP contribution in [0.5, 0.6) is 0 Å². The predicted octanol–water partition coefficient (Wildman–Crippen LogP) is 3.11. The minimum Gasteiger partial charge on any atom is -0.313 e. The molecule has 0 unspecified atom stereocenters. The molecule has 0 radical (unpaired) electrons. The second-order valence-electron chi connectivity index (χ2n) is 4.35. The van der Waals surface area contributed by atoms with Gasteiger partial charge in [-0.2, -0.15) is 0 Å². The number of hydrogen-bond acceptors (Lipinski definition) is 1. The van der Waals surface area contributed by atoms with Crippen molar-refractivity contribution >= 4 is 0 Å². The van der Waals surface area contributed by atoms with Gasteiger partial charge in [-0.05, 0) is 31.4 Å². The van der Waals surface area contributed by atoms with Gasteiger partial charge in [0.25, 0.3) is 0 Å². The largest absolute Gasteiger partial charge is 0.313 e. The first-order valence-corrected chi connectivity index (χ1v) is 5.80. The smallest absolute Gasteiger partial charge is 0.127 e. The molecule has 0 aliphatic heterocycles. The molecule has 1 aromatic carbocycles. The summed E-state index contributed by atoms with van der Waals surface area (Å²) >= 11 is 0. The summed E-state index contributed by atoms with van der Waals surface area (Å²) in [6.45, 7) is 1.65. The SMILES string of the molecule is Fc1ccccc1CNCCCC1CC1. The van der Waals surface area contributed by atoms with E-state index in [1.807, 2.05) is 12.1 Å². The summed E-state index contributed by atoms with van der Waals surface area (Å²) in [5, 5.41) is 3.29. The van der Waals surface area contributed by atoms with Gasteiger partial charge in [-0.25, -0.2) is 4.39 Å². The van der Waals surface area contributed by atoms with Gasteiger partial charge in [0, 0.05) is 12.1 Å². The van der Waals surface area contributed by atoms with Gasteiger partial charge in [0.2, 0.25) is 0 Å². The zero-order chi connectivity index (χ0) is 10.5. The van der Waals surface area contributed by atoms with E-state index in [9.17, 15) is 4.39 Å². The van der Waals surface area contributed by atoms with Crippen LogP contribution in [0, 0.1) is 11.7 Å². The summed E-state index contributed by atoms with van der Waals surface area (Å²) in [5.41, 5.74) is 0.768. The van der Waals surface area contributed by atoms with Crippen LogP contribution < -0.4 is 5.32 Å². The molecule has 1 saturated carbocycles. The first kappa shape index (κ1) is 10.6. The van der Waals surface area contributed by atoms with Crippen molar-refractivity contribution in [3.8, 4) is 0 Å². The number of halogens is 1. The highest BCUT2D eigenvalue weighted by molar-refractivity contribution is 5.16. The molecular formula is C13H18FN. The maximum Gasteiger partial charge on any atom is 0.127 e. The Hall–Kier alpha value is -0.890. The zero-order valence-corrected chi connectivity index (χ0v) is 9.01. The standard InChI is InChI=1S/C13H18FN/c14-13-6-2-1-5-12(13)10-15-9-3-4-11-7-8-11/h1-2,5-6,11,15H,3-4,7-10H2. The Balaban J connectivity index is 1.62. The van der Waals surface area contributed by atoms with Gasteiger partial charge in [-0.3, -0.25) is 0 Å². The fourth-order valence-corrected chi connectivity index (χ4v) is 1.79. The van der Waals surface area contributed by atoms with Crippen molar-refractivity contribution in [3.63, 3.8) is 0 Å². The van der Waals surface area contributed by atoms with Crippen molar-refractivity contribution in [1.82, 2.24) is 5.32 Å². The lowest BCUT2D eigenvalue weighted by Gasteiger charge is -2.05. The fraction of sp³-hybridized carbons (Fsp3) is 0.538. The minimum atomic E-state index is -0.104. The highest BCUT2D eigenvalue weighted by Crippen LogP contribution is 2.33. The van der Waals surface area contributed by atoms with E-state index in [4.69, 9.17) is 0 Å². The highest BCUT2D eigenvalue weighted by atomic mass is 19.1. The third kappa shape index (κ3) is 3.63. The molecule has 2 heteroatoms. The molecule has 0 heterocycles. The second kappa shape index (κ2) is 5.26. The molecule has 1 nitrogen and oxygen atoms in total. The van der Waals surface area contributed by atoms with Crippen molar-refractivity contribution < 1.29 is 4.39 Å². The van der Waals surface area contributed by atoms with E-state index in [1.165, 1.54) is 31.7 Å². The highest BCUT2D eigenvalue weighted by Gasteiger charge is 2.19. The molecule has 0 bridgehead atoms. The summed E-state index contributed by atoms with van der Waals surface area (Å²) in [5.74, 6) is 0.896. The van der Waals surface area contributed by atoms with Crippen LogP contribution in [-0.2, 0) is 6.54 Å². The normalized spacial score (nSPS) is 15.5. The summed E-state index contributed by atoms with van der Waals surface area (Å²) in [7, 11) is 0. The first-order valence-electron chi connectivity index (χ1n) is 5.80. The Kier molecular flexibility index (Phi) is 3.73. The van der Waals surface area contributed by atoms with E-state index in [0.717, 1.165) is 18.0 Å². The van der Waals surface area contributed by atoms with Crippen LogP contribution in [-0.4, -0.2) is 6.54 Å². The van der Waals surface area contributed by atoms with Crippen LogP contribution in [0.3, 0.4) is 0 Å². The number of nitrogens with one attached hydrogen (secondary N) is 1. The first-order chi connectivity index (χ1) is 7.36. The Bertz CT molecular complexity index is 307. The maximum atomic E-state index is 13.2. The molecule has 0 spiro atoms. The Morgan fingerprint density at radius 2 is 2.07 bits per heavy atom. The molecule has 0 saturated heterocycles. The Labute approximate surface area is 90.7 Å². The Morgan fingerprint density at radius 1 is 1.27 bits per heavy atom. The van der Waals surface area contributed by atoms with Crippen molar-refractivity contribution in [2.45, 2.75) is 32.2 Å². The lowest BCUT2D eigenvalue weighted by Crippen LogP contribution is -2.15. The van der Waals surface area contributed by atoms with Crippen molar-refractivity contribution in [3.05, 3.63) is 35.6 Å². The fourth-order valence-electron chi connectivity index (χ4n) is 1.79. The molecule has 1 aliphatic rings. The van der Waals surface area contributed by atoms with Gasteiger partial charge in [-0.15, -0.1) is 0 Å². The minimum absolute atomic E-state index is 0.104. The van der Waals surface area contributed by atoms with E-state index in [1.54, 1.807) is 6.07 Å². The van der Waals surface area contributed by atoms with Crippen molar-refractivity contribution in [1.29, 1.82) is 0 Å². The molecule has 1 fully saturated rings. The molecule has 0 amide bonds. The van der Waals surface area contributed by atoms with E-state index >= 15 is 0 Å². The van der Waals surface area contributed by atoms with Crippen LogP contribution in [0.2, 0.25) is 0 Å². The molecule has 0 atom stereocenters. The van der Waals surface area contributed by atoms with E-state index in [2.05, 4.69) is 5.32 Å². The average Bonchev–Trinajstić information content (AvgIpc) is 3.04. The summed E-state index contributed by atoms with van der Waals surface area (Å²) < 4.78 is 13.2. The number of benzene rings is 1. The molecular weight excluding hydrogens is 189 g/mol. The van der Waals surface area contributed by atoms with Crippen LogP contribution >= 0.6 is 0 Å². The second-order valence-corrected chi connectivity index (χ2v) is 4.35. The molecule has 1 aliphatic carbocycles. The van der Waals surface area contributed by atoms with Crippen molar-refractivity contribution in [2.24, 2.45) is 5.92 Å². The van der Waals surface area contributed by atoms with Gasteiger partial charge in [0.15, 0.2) is 0 Å². The van der Waals surface area contributed by atoms with Crippen molar-refractivity contribution in [2.75, 3.05) is 6.54 Å². The van der Waals surface area contributed by atoms with E-state index in [0.29, 0.717) is 6.54 Å². The molecule has 2 rings (SSSR count). The quantitative estimate of drug-likeness (QED) is 0.707. The predicted molar refractivity (Wildman–Crippen MR) is 60.1 cm³/mol. The molecule has 0 aromatic heterocycles. The van der Waals surface area contributed by atoms with Gasteiger partial charge in [-0.1, -0.05) is 31.0 Å². The van der Waals surface area contributed by atoms with Gasteiger partial charge < -0.3 is 5.32 Å². The topological polar surface area (TPSA) is 12.0 Å².